The van der Waals surface area contributed by atoms with Crippen molar-refractivity contribution in [2.75, 3.05) is 44.0 Å². The highest BCUT2D eigenvalue weighted by atomic mass is 32.2. The van der Waals surface area contributed by atoms with Gasteiger partial charge in [-0.3, -0.25) is 13.9 Å². The number of methoxy groups -OCH3 is 1. The predicted octanol–water partition coefficient (Wildman–Crippen LogP) is 1.79. The van der Waals surface area contributed by atoms with E-state index in [9.17, 15) is 18.0 Å². The number of anilines is 1. The van der Waals surface area contributed by atoms with Gasteiger partial charge in [-0.05, 0) is 43.7 Å². The van der Waals surface area contributed by atoms with Crippen molar-refractivity contribution in [2.24, 2.45) is 0 Å². The van der Waals surface area contributed by atoms with Crippen LogP contribution >= 0.6 is 0 Å². The summed E-state index contributed by atoms with van der Waals surface area (Å²) in [5.41, 5.74) is 1.04. The monoisotopic (exact) mass is 505 g/mol. The minimum Gasteiger partial charge on any atom is -0.497 e. The second kappa shape index (κ2) is 11.3. The molecule has 0 unspecified atom stereocenters. The van der Waals surface area contributed by atoms with E-state index in [1.165, 1.54) is 18.9 Å². The molecule has 190 valence electrons. The predicted molar refractivity (Wildman–Crippen MR) is 131 cm³/mol. The topological polar surface area (TPSA) is 114 Å². The van der Waals surface area contributed by atoms with Crippen LogP contribution in [0.25, 0.3) is 0 Å². The van der Waals surface area contributed by atoms with Gasteiger partial charge in [-0.25, -0.2) is 8.42 Å². The fourth-order valence-electron chi connectivity index (χ4n) is 3.63. The number of amides is 2. The molecule has 1 aliphatic heterocycles. The van der Waals surface area contributed by atoms with Gasteiger partial charge in [0.2, 0.25) is 21.8 Å². The van der Waals surface area contributed by atoms with Crippen molar-refractivity contribution in [3.05, 3.63) is 48.0 Å². The Morgan fingerprint density at radius 3 is 2.34 bits per heavy atom. The summed E-state index contributed by atoms with van der Waals surface area (Å²) in [5.74, 6) is 0.476. The molecule has 2 aromatic rings. The van der Waals surface area contributed by atoms with Crippen LogP contribution in [0.2, 0.25) is 0 Å². The van der Waals surface area contributed by atoms with E-state index < -0.39 is 28.5 Å². The second-order valence-corrected chi connectivity index (χ2v) is 10.1. The molecule has 10 nitrogen and oxygen atoms in total. The largest absolute Gasteiger partial charge is 0.497 e. The minimum atomic E-state index is -3.83. The quantitative estimate of drug-likeness (QED) is 0.524. The van der Waals surface area contributed by atoms with Crippen LogP contribution in [0.1, 0.15) is 19.4 Å². The van der Waals surface area contributed by atoms with E-state index in [1.54, 1.807) is 56.5 Å². The van der Waals surface area contributed by atoms with Gasteiger partial charge in [0.25, 0.3) is 0 Å². The third-order valence-corrected chi connectivity index (χ3v) is 7.46. The normalized spacial score (nSPS) is 13.5. The first-order chi connectivity index (χ1) is 16.7. The lowest BCUT2D eigenvalue weighted by Gasteiger charge is -2.32. The van der Waals surface area contributed by atoms with Gasteiger partial charge in [-0.15, -0.1) is 0 Å². The highest BCUT2D eigenvalue weighted by Crippen LogP contribution is 2.35. The van der Waals surface area contributed by atoms with Crippen molar-refractivity contribution in [1.29, 1.82) is 0 Å². The summed E-state index contributed by atoms with van der Waals surface area (Å²) in [5, 5.41) is 2.55. The van der Waals surface area contributed by atoms with Crippen molar-refractivity contribution in [3.63, 3.8) is 0 Å². The standard InChI is InChI=1S/C24H31N3O7S/c1-5-35(30,31)27(19-8-11-21-22(14-19)34-13-12-33-21)16-23(28)26(17(2)24(29)25-3)15-18-6-9-20(32-4)10-7-18/h6-11,14,17H,5,12-13,15-16H2,1-4H3,(H,25,29)/t17-/m0/s1. The van der Waals surface area contributed by atoms with Crippen LogP contribution in [0.3, 0.4) is 0 Å². The number of hydrogen-bond donors (Lipinski definition) is 1. The molecule has 0 aliphatic carbocycles. The maximum Gasteiger partial charge on any atom is 0.244 e. The number of ether oxygens (including phenoxy) is 3. The highest BCUT2D eigenvalue weighted by molar-refractivity contribution is 7.92. The lowest BCUT2D eigenvalue weighted by molar-refractivity contribution is -0.139. The molecule has 0 aromatic heterocycles. The molecule has 0 spiro atoms. The van der Waals surface area contributed by atoms with E-state index in [0.29, 0.717) is 30.5 Å². The van der Waals surface area contributed by atoms with Gasteiger partial charge in [-0.2, -0.15) is 0 Å². The van der Waals surface area contributed by atoms with Gasteiger partial charge in [0, 0.05) is 19.7 Å². The molecule has 1 atom stereocenters. The minimum absolute atomic E-state index is 0.110. The van der Waals surface area contributed by atoms with Crippen LogP contribution in [0.15, 0.2) is 42.5 Å². The average Bonchev–Trinajstić information content (AvgIpc) is 2.89. The summed E-state index contributed by atoms with van der Waals surface area (Å²) in [4.78, 5) is 27.3. The molecule has 0 saturated carbocycles. The Morgan fingerprint density at radius 2 is 1.74 bits per heavy atom. The Bertz CT molecular complexity index is 1150. The lowest BCUT2D eigenvalue weighted by Crippen LogP contribution is -2.51. The van der Waals surface area contributed by atoms with E-state index in [-0.39, 0.29) is 23.9 Å². The Morgan fingerprint density at radius 1 is 1.09 bits per heavy atom. The first kappa shape index (κ1) is 26.1. The third-order valence-electron chi connectivity index (χ3n) is 5.72. The summed E-state index contributed by atoms with van der Waals surface area (Å²) >= 11 is 0. The van der Waals surface area contributed by atoms with E-state index in [0.717, 1.165) is 9.87 Å². The number of fused-ring (bicyclic) bond motifs is 1. The van der Waals surface area contributed by atoms with E-state index in [2.05, 4.69) is 5.32 Å². The summed E-state index contributed by atoms with van der Waals surface area (Å²) < 4.78 is 43.3. The Kier molecular flexibility index (Phi) is 8.44. The molecule has 0 fully saturated rings. The molecule has 3 rings (SSSR count). The van der Waals surface area contributed by atoms with E-state index in [4.69, 9.17) is 14.2 Å². The van der Waals surface area contributed by atoms with Crippen LogP contribution < -0.4 is 23.8 Å². The van der Waals surface area contributed by atoms with Gasteiger partial charge in [0.1, 0.15) is 31.5 Å². The molecule has 11 heteroatoms. The van der Waals surface area contributed by atoms with Crippen molar-refractivity contribution in [2.45, 2.75) is 26.4 Å². The molecule has 2 amide bonds. The smallest absolute Gasteiger partial charge is 0.244 e. The zero-order valence-corrected chi connectivity index (χ0v) is 21.1. The average molecular weight is 506 g/mol. The number of sulfonamides is 1. The summed E-state index contributed by atoms with van der Waals surface area (Å²) in [7, 11) is -0.791. The molecule has 0 radical (unpaired) electrons. The SMILES string of the molecule is CCS(=O)(=O)N(CC(=O)N(Cc1ccc(OC)cc1)[C@@H](C)C(=O)NC)c1ccc2c(c1)OCCO2. The van der Waals surface area contributed by atoms with Crippen molar-refractivity contribution >= 4 is 27.5 Å². The number of likely N-dealkylation sites (N-methyl/N-ethyl adjacent to an activating group) is 1. The van der Waals surface area contributed by atoms with Gasteiger partial charge < -0.3 is 24.4 Å². The molecule has 0 saturated heterocycles. The Labute approximate surface area is 205 Å². The maximum atomic E-state index is 13.5. The van der Waals surface area contributed by atoms with Crippen LogP contribution in [-0.4, -0.2) is 70.8 Å². The van der Waals surface area contributed by atoms with Gasteiger partial charge in [0.05, 0.1) is 18.6 Å². The molecular formula is C24H31N3O7S. The number of carbonyl (C=O) groups excluding carboxylic acids is 2. The van der Waals surface area contributed by atoms with Crippen LogP contribution in [-0.2, 0) is 26.2 Å². The van der Waals surface area contributed by atoms with E-state index in [1.807, 2.05) is 0 Å². The Hall–Kier alpha value is -3.47. The first-order valence-corrected chi connectivity index (χ1v) is 12.8. The molecule has 1 aliphatic rings. The van der Waals surface area contributed by atoms with Gasteiger partial charge in [0.15, 0.2) is 11.5 Å². The fraction of sp³-hybridized carbons (Fsp3) is 0.417. The molecule has 35 heavy (non-hydrogen) atoms. The Balaban J connectivity index is 1.93. The van der Waals surface area contributed by atoms with Crippen LogP contribution in [0.5, 0.6) is 17.2 Å². The molecule has 1 heterocycles. The third kappa shape index (κ3) is 6.16. The number of carbonyl (C=O) groups is 2. The van der Waals surface area contributed by atoms with Crippen molar-refractivity contribution in [1.82, 2.24) is 10.2 Å². The summed E-state index contributed by atoms with van der Waals surface area (Å²) in [6, 6.07) is 11.0. The molecular weight excluding hydrogens is 474 g/mol. The number of nitrogens with zero attached hydrogens (tertiary/aromatic N) is 2. The molecule has 0 bridgehead atoms. The molecule has 1 N–H and O–H groups in total. The number of nitrogens with one attached hydrogen (secondary N) is 1. The number of benzene rings is 2. The lowest BCUT2D eigenvalue weighted by atomic mass is 10.1. The maximum absolute atomic E-state index is 13.5. The van der Waals surface area contributed by atoms with Crippen molar-refractivity contribution in [3.8, 4) is 17.2 Å². The van der Waals surface area contributed by atoms with Crippen LogP contribution in [0, 0.1) is 0 Å². The zero-order chi connectivity index (χ0) is 25.6. The fourth-order valence-corrected chi connectivity index (χ4v) is 4.68. The second-order valence-electron chi connectivity index (χ2n) is 7.90. The highest BCUT2D eigenvalue weighted by Gasteiger charge is 2.31. The van der Waals surface area contributed by atoms with Crippen molar-refractivity contribution < 1.29 is 32.2 Å². The summed E-state index contributed by atoms with van der Waals surface area (Å²) in [6.07, 6.45) is 0. The summed E-state index contributed by atoms with van der Waals surface area (Å²) in [6.45, 7) is 3.48. The van der Waals surface area contributed by atoms with Gasteiger partial charge >= 0.3 is 0 Å². The first-order valence-electron chi connectivity index (χ1n) is 11.2. The zero-order valence-electron chi connectivity index (χ0n) is 20.3. The van der Waals surface area contributed by atoms with E-state index >= 15 is 0 Å². The van der Waals surface area contributed by atoms with Crippen LogP contribution in [0.4, 0.5) is 5.69 Å². The van der Waals surface area contributed by atoms with Gasteiger partial charge in [-0.1, -0.05) is 12.1 Å². The number of hydrogen-bond acceptors (Lipinski definition) is 7. The number of rotatable bonds is 10. The molecule has 2 aromatic carbocycles.